The number of benzene rings is 2. The lowest BCUT2D eigenvalue weighted by atomic mass is 10.2. The normalized spacial score (nSPS) is 10.5. The van der Waals surface area contributed by atoms with Crippen LogP contribution in [0.25, 0.3) is 0 Å². The number of furan rings is 1. The van der Waals surface area contributed by atoms with E-state index >= 15 is 0 Å². The first-order chi connectivity index (χ1) is 15.0. The Hall–Kier alpha value is -3.74. The topological polar surface area (TPSA) is 92.6 Å². The molecule has 3 N–H and O–H groups in total. The molecule has 0 aliphatic carbocycles. The second-order valence-corrected chi connectivity index (χ2v) is 7.47. The van der Waals surface area contributed by atoms with Crippen LogP contribution in [0, 0.1) is 5.92 Å². The Kier molecular flexibility index (Phi) is 7.70. The van der Waals surface area contributed by atoms with E-state index in [2.05, 4.69) is 29.8 Å². The molecule has 0 spiro atoms. The van der Waals surface area contributed by atoms with E-state index in [0.29, 0.717) is 36.1 Å². The molecule has 162 valence electrons. The van der Waals surface area contributed by atoms with Crippen molar-refractivity contribution in [3.63, 3.8) is 0 Å². The summed E-state index contributed by atoms with van der Waals surface area (Å²) >= 11 is 0. The molecule has 0 unspecified atom stereocenters. The van der Waals surface area contributed by atoms with Crippen molar-refractivity contribution < 1.29 is 18.7 Å². The summed E-state index contributed by atoms with van der Waals surface area (Å²) in [5.74, 6) is 1.47. The zero-order valence-electron chi connectivity index (χ0n) is 17.7. The molecule has 1 aromatic heterocycles. The largest absolute Gasteiger partial charge is 0.493 e. The number of hydrogen-bond donors (Lipinski definition) is 3. The zero-order chi connectivity index (χ0) is 22.1. The average molecular weight is 421 g/mol. The number of ether oxygens (including phenoxy) is 1. The standard InChI is InChI=1S/C24H27N3O4/c1-17(2)16-31-21-10-8-19(9-11-21)25-15-23(28)27-20-6-3-5-18(13-20)24(29)26-14-22-7-4-12-30-22/h3-13,17,25H,14-16H2,1-2H3,(H,26,29)(H,27,28). The second kappa shape index (κ2) is 10.9. The first kappa shape index (κ1) is 22.0. The summed E-state index contributed by atoms with van der Waals surface area (Å²) < 4.78 is 10.9. The highest BCUT2D eigenvalue weighted by Gasteiger charge is 2.09. The molecule has 3 aromatic rings. The molecule has 31 heavy (non-hydrogen) atoms. The van der Waals surface area contributed by atoms with E-state index in [-0.39, 0.29) is 18.4 Å². The molecule has 0 aliphatic heterocycles. The molecule has 2 aromatic carbocycles. The fraction of sp³-hybridized carbons (Fsp3) is 0.250. The maximum absolute atomic E-state index is 12.3. The Bertz CT molecular complexity index is 982. The lowest BCUT2D eigenvalue weighted by molar-refractivity contribution is -0.114. The molecule has 1 heterocycles. The van der Waals surface area contributed by atoms with Crippen LogP contribution in [0.15, 0.2) is 71.3 Å². The lowest BCUT2D eigenvalue weighted by Crippen LogP contribution is -2.24. The Morgan fingerprint density at radius 1 is 1.00 bits per heavy atom. The van der Waals surface area contributed by atoms with Crippen LogP contribution >= 0.6 is 0 Å². The summed E-state index contributed by atoms with van der Waals surface area (Å²) in [6.45, 7) is 5.25. The molecule has 0 atom stereocenters. The van der Waals surface area contributed by atoms with Crippen LogP contribution in [0.5, 0.6) is 5.75 Å². The lowest BCUT2D eigenvalue weighted by Gasteiger charge is -2.11. The van der Waals surface area contributed by atoms with Gasteiger partial charge >= 0.3 is 0 Å². The van der Waals surface area contributed by atoms with Gasteiger partial charge in [0, 0.05) is 16.9 Å². The van der Waals surface area contributed by atoms with Gasteiger partial charge in [-0.05, 0) is 60.5 Å². The predicted molar refractivity (Wildman–Crippen MR) is 120 cm³/mol. The quantitative estimate of drug-likeness (QED) is 0.454. The number of anilines is 2. The summed E-state index contributed by atoms with van der Waals surface area (Å²) in [5, 5.41) is 8.65. The van der Waals surface area contributed by atoms with E-state index < -0.39 is 0 Å². The average Bonchev–Trinajstić information content (AvgIpc) is 3.29. The second-order valence-electron chi connectivity index (χ2n) is 7.47. The van der Waals surface area contributed by atoms with Gasteiger partial charge in [-0.15, -0.1) is 0 Å². The molecule has 0 saturated heterocycles. The maximum atomic E-state index is 12.3. The third kappa shape index (κ3) is 7.22. The minimum atomic E-state index is -0.245. The number of hydrogen-bond acceptors (Lipinski definition) is 5. The van der Waals surface area contributed by atoms with Crippen molar-refractivity contribution in [3.05, 3.63) is 78.3 Å². The number of nitrogens with one attached hydrogen (secondary N) is 3. The molecule has 7 heteroatoms. The summed E-state index contributed by atoms with van der Waals surface area (Å²) in [5.41, 5.74) is 1.82. The zero-order valence-corrected chi connectivity index (χ0v) is 17.7. The van der Waals surface area contributed by atoms with Crippen molar-refractivity contribution in [3.8, 4) is 5.75 Å². The van der Waals surface area contributed by atoms with Gasteiger partial charge in [-0.2, -0.15) is 0 Å². The van der Waals surface area contributed by atoms with Crippen LogP contribution in [0.4, 0.5) is 11.4 Å². The maximum Gasteiger partial charge on any atom is 0.251 e. The van der Waals surface area contributed by atoms with Crippen molar-refractivity contribution in [2.45, 2.75) is 20.4 Å². The van der Waals surface area contributed by atoms with E-state index in [1.54, 1.807) is 42.7 Å². The number of carbonyl (C=O) groups excluding carboxylic acids is 2. The molecule has 0 fully saturated rings. The van der Waals surface area contributed by atoms with Gasteiger partial charge in [0.2, 0.25) is 5.91 Å². The van der Waals surface area contributed by atoms with Gasteiger partial charge in [0.25, 0.3) is 5.91 Å². The molecule has 0 saturated carbocycles. The van der Waals surface area contributed by atoms with Crippen molar-refractivity contribution in [2.75, 3.05) is 23.8 Å². The molecule has 0 aliphatic rings. The van der Waals surface area contributed by atoms with Gasteiger partial charge in [-0.25, -0.2) is 0 Å². The van der Waals surface area contributed by atoms with Crippen molar-refractivity contribution in [1.82, 2.24) is 5.32 Å². The van der Waals surface area contributed by atoms with Gasteiger partial charge in [0.05, 0.1) is 26.0 Å². The van der Waals surface area contributed by atoms with Crippen molar-refractivity contribution in [1.29, 1.82) is 0 Å². The van der Waals surface area contributed by atoms with E-state index in [1.165, 1.54) is 0 Å². The summed E-state index contributed by atoms with van der Waals surface area (Å²) in [6, 6.07) is 17.8. The number of carbonyl (C=O) groups is 2. The minimum Gasteiger partial charge on any atom is -0.493 e. The van der Waals surface area contributed by atoms with Crippen LogP contribution in [0.3, 0.4) is 0 Å². The van der Waals surface area contributed by atoms with Crippen LogP contribution < -0.4 is 20.7 Å². The highest BCUT2D eigenvalue weighted by Crippen LogP contribution is 2.16. The third-order valence-electron chi connectivity index (χ3n) is 4.30. The summed E-state index contributed by atoms with van der Waals surface area (Å²) in [7, 11) is 0. The Morgan fingerprint density at radius 3 is 2.52 bits per heavy atom. The highest BCUT2D eigenvalue weighted by molar-refractivity contribution is 5.98. The van der Waals surface area contributed by atoms with Gasteiger partial charge < -0.3 is 25.1 Å². The van der Waals surface area contributed by atoms with E-state index in [1.807, 2.05) is 24.3 Å². The predicted octanol–water partition coefficient (Wildman–Crippen LogP) is 4.30. The highest BCUT2D eigenvalue weighted by atomic mass is 16.5. The molecule has 2 amide bonds. The minimum absolute atomic E-state index is 0.0983. The number of rotatable bonds is 10. The van der Waals surface area contributed by atoms with E-state index in [0.717, 1.165) is 11.4 Å². The van der Waals surface area contributed by atoms with Crippen molar-refractivity contribution >= 4 is 23.2 Å². The molecule has 3 rings (SSSR count). The Labute approximate surface area is 181 Å². The van der Waals surface area contributed by atoms with Gasteiger partial charge in [0.15, 0.2) is 0 Å². The first-order valence-corrected chi connectivity index (χ1v) is 10.2. The third-order valence-corrected chi connectivity index (χ3v) is 4.30. The summed E-state index contributed by atoms with van der Waals surface area (Å²) in [4.78, 5) is 24.6. The molecule has 7 nitrogen and oxygen atoms in total. The Balaban J connectivity index is 1.46. The fourth-order valence-electron chi connectivity index (χ4n) is 2.74. The summed E-state index contributed by atoms with van der Waals surface area (Å²) in [6.07, 6.45) is 1.56. The van der Waals surface area contributed by atoms with Gasteiger partial charge in [-0.1, -0.05) is 19.9 Å². The molecule has 0 radical (unpaired) electrons. The molecular formula is C24H27N3O4. The number of amides is 2. The molecule has 0 bridgehead atoms. The SMILES string of the molecule is CC(C)COc1ccc(NCC(=O)Nc2cccc(C(=O)NCc3ccco3)c2)cc1. The molecular weight excluding hydrogens is 394 g/mol. The van der Waals surface area contributed by atoms with Gasteiger partial charge in [0.1, 0.15) is 11.5 Å². The van der Waals surface area contributed by atoms with E-state index in [4.69, 9.17) is 9.15 Å². The Morgan fingerprint density at radius 2 is 1.81 bits per heavy atom. The van der Waals surface area contributed by atoms with Crippen LogP contribution in [-0.4, -0.2) is 25.0 Å². The van der Waals surface area contributed by atoms with Crippen molar-refractivity contribution in [2.24, 2.45) is 5.92 Å². The van der Waals surface area contributed by atoms with Crippen LogP contribution in [0.2, 0.25) is 0 Å². The first-order valence-electron chi connectivity index (χ1n) is 10.2. The van der Waals surface area contributed by atoms with Gasteiger partial charge in [-0.3, -0.25) is 9.59 Å². The smallest absolute Gasteiger partial charge is 0.251 e. The van der Waals surface area contributed by atoms with Crippen LogP contribution in [-0.2, 0) is 11.3 Å². The fourth-order valence-corrected chi connectivity index (χ4v) is 2.74. The monoisotopic (exact) mass is 421 g/mol. The van der Waals surface area contributed by atoms with Crippen LogP contribution in [0.1, 0.15) is 30.0 Å². The van der Waals surface area contributed by atoms with E-state index in [9.17, 15) is 9.59 Å².